The number of thioether (sulfide) groups is 1. The molecule has 146 valence electrons. The van der Waals surface area contributed by atoms with Gasteiger partial charge in [0.15, 0.2) is 16.6 Å². The first kappa shape index (κ1) is 19.4. The Kier molecular flexibility index (Phi) is 5.25. The molecule has 0 atom stereocenters. The molecule has 0 radical (unpaired) electrons. The second-order valence-electron chi connectivity index (χ2n) is 6.65. The van der Waals surface area contributed by atoms with Gasteiger partial charge in [-0.3, -0.25) is 9.59 Å². The molecule has 8 heteroatoms. The van der Waals surface area contributed by atoms with Crippen LogP contribution in [0.2, 0.25) is 5.02 Å². The summed E-state index contributed by atoms with van der Waals surface area (Å²) >= 11 is 7.04. The van der Waals surface area contributed by atoms with Gasteiger partial charge in [0.05, 0.1) is 17.6 Å². The third kappa shape index (κ3) is 3.97. The summed E-state index contributed by atoms with van der Waals surface area (Å²) in [6.07, 6.45) is 1.50. The minimum absolute atomic E-state index is 0.0721. The summed E-state index contributed by atoms with van der Waals surface area (Å²) < 4.78 is 1.64. The van der Waals surface area contributed by atoms with Crippen molar-refractivity contribution in [1.82, 2.24) is 19.7 Å². The number of ketones is 1. The predicted molar refractivity (Wildman–Crippen MR) is 115 cm³/mol. The minimum Gasteiger partial charge on any atom is -0.301 e. The molecule has 0 aliphatic rings. The van der Waals surface area contributed by atoms with Crippen LogP contribution in [0.4, 0.5) is 0 Å². The van der Waals surface area contributed by atoms with E-state index in [0.717, 1.165) is 11.3 Å². The number of aryl methyl sites for hydroxylation is 2. The molecule has 0 aliphatic heterocycles. The maximum absolute atomic E-state index is 12.5. The second-order valence-corrected chi connectivity index (χ2v) is 8.05. The standard InChI is InChI=1S/C21H17ClN4O2S/c1-12-3-8-16(9-13(12)2)26-19-17(10-23-26)20(28)25-21(24-19)29-11-18(27)14-4-6-15(22)7-5-14/h3-10H,11H2,1-2H3,(H,24,25,28). The van der Waals surface area contributed by atoms with Crippen LogP contribution in [0, 0.1) is 13.8 Å². The first-order chi connectivity index (χ1) is 13.9. The lowest BCUT2D eigenvalue weighted by molar-refractivity contribution is 0.102. The van der Waals surface area contributed by atoms with E-state index in [4.69, 9.17) is 11.6 Å². The van der Waals surface area contributed by atoms with Crippen LogP contribution in [-0.2, 0) is 0 Å². The zero-order chi connectivity index (χ0) is 20.5. The Morgan fingerprint density at radius 1 is 1.14 bits per heavy atom. The third-order valence-corrected chi connectivity index (χ3v) is 5.78. The van der Waals surface area contributed by atoms with Gasteiger partial charge in [0.25, 0.3) is 5.56 Å². The molecule has 0 saturated heterocycles. The number of H-pyrrole nitrogens is 1. The van der Waals surface area contributed by atoms with Crippen molar-refractivity contribution in [2.24, 2.45) is 0 Å². The maximum atomic E-state index is 12.5. The van der Waals surface area contributed by atoms with Crippen LogP contribution in [0.1, 0.15) is 21.5 Å². The van der Waals surface area contributed by atoms with Gasteiger partial charge in [0.2, 0.25) is 0 Å². The summed E-state index contributed by atoms with van der Waals surface area (Å²) in [6.45, 7) is 4.06. The van der Waals surface area contributed by atoms with Crippen LogP contribution in [-0.4, -0.2) is 31.3 Å². The van der Waals surface area contributed by atoms with Crippen molar-refractivity contribution in [3.05, 3.63) is 80.7 Å². The molecular formula is C21H17ClN4O2S. The number of hydrogen-bond donors (Lipinski definition) is 1. The lowest BCUT2D eigenvalue weighted by Gasteiger charge is -2.07. The van der Waals surface area contributed by atoms with Gasteiger partial charge in [0, 0.05) is 10.6 Å². The summed E-state index contributed by atoms with van der Waals surface area (Å²) in [5.74, 6) is 0.0745. The molecular weight excluding hydrogens is 408 g/mol. The van der Waals surface area contributed by atoms with Crippen molar-refractivity contribution >= 4 is 40.2 Å². The molecule has 29 heavy (non-hydrogen) atoms. The van der Waals surface area contributed by atoms with E-state index < -0.39 is 0 Å². The lowest BCUT2D eigenvalue weighted by atomic mass is 10.1. The number of aromatic amines is 1. The van der Waals surface area contributed by atoms with Crippen LogP contribution in [0.5, 0.6) is 0 Å². The summed E-state index contributed by atoms with van der Waals surface area (Å²) in [6, 6.07) is 12.7. The molecule has 6 nitrogen and oxygen atoms in total. The number of benzene rings is 2. The molecule has 0 spiro atoms. The average molecular weight is 425 g/mol. The van der Waals surface area contributed by atoms with Crippen molar-refractivity contribution in [3.63, 3.8) is 0 Å². The molecule has 0 saturated carbocycles. The Morgan fingerprint density at radius 2 is 1.90 bits per heavy atom. The first-order valence-electron chi connectivity index (χ1n) is 8.89. The third-order valence-electron chi connectivity index (χ3n) is 4.66. The van der Waals surface area contributed by atoms with E-state index in [2.05, 4.69) is 15.1 Å². The average Bonchev–Trinajstić information content (AvgIpc) is 3.13. The number of Topliss-reactive ketones (excluding diaryl/α,β-unsaturated/α-hetero) is 1. The molecule has 4 rings (SSSR count). The number of nitrogens with one attached hydrogen (secondary N) is 1. The highest BCUT2D eigenvalue weighted by Crippen LogP contribution is 2.20. The number of aromatic nitrogens is 4. The molecule has 0 fully saturated rings. The van der Waals surface area contributed by atoms with Gasteiger partial charge < -0.3 is 4.98 Å². The van der Waals surface area contributed by atoms with Gasteiger partial charge in [-0.2, -0.15) is 5.10 Å². The van der Waals surface area contributed by atoms with Gasteiger partial charge in [0.1, 0.15) is 5.39 Å². The van der Waals surface area contributed by atoms with Gasteiger partial charge >= 0.3 is 0 Å². The lowest BCUT2D eigenvalue weighted by Crippen LogP contribution is -2.11. The Bertz CT molecular complexity index is 1280. The number of carbonyl (C=O) groups is 1. The molecule has 0 bridgehead atoms. The summed E-state index contributed by atoms with van der Waals surface area (Å²) in [5, 5.41) is 5.68. The Morgan fingerprint density at radius 3 is 2.62 bits per heavy atom. The van der Waals surface area contributed by atoms with Crippen LogP contribution in [0.3, 0.4) is 0 Å². The summed E-state index contributed by atoms with van der Waals surface area (Å²) in [5.41, 5.74) is 3.86. The van der Waals surface area contributed by atoms with Gasteiger partial charge in [-0.05, 0) is 61.4 Å². The van der Waals surface area contributed by atoms with Crippen LogP contribution >= 0.6 is 23.4 Å². The van der Waals surface area contributed by atoms with E-state index in [1.807, 2.05) is 32.0 Å². The quantitative estimate of drug-likeness (QED) is 0.292. The van der Waals surface area contributed by atoms with E-state index in [0.29, 0.717) is 26.8 Å². The summed E-state index contributed by atoms with van der Waals surface area (Å²) in [4.78, 5) is 32.1. The summed E-state index contributed by atoms with van der Waals surface area (Å²) in [7, 11) is 0. The number of carbonyl (C=O) groups excluding carboxylic acids is 1. The van der Waals surface area contributed by atoms with E-state index in [1.165, 1.54) is 23.5 Å². The highest BCUT2D eigenvalue weighted by atomic mass is 35.5. The molecule has 0 unspecified atom stereocenters. The van der Waals surface area contributed by atoms with Gasteiger partial charge in [-0.15, -0.1) is 0 Å². The first-order valence-corrected chi connectivity index (χ1v) is 10.3. The Balaban J connectivity index is 1.64. The van der Waals surface area contributed by atoms with E-state index >= 15 is 0 Å². The van der Waals surface area contributed by atoms with Crippen molar-refractivity contribution in [1.29, 1.82) is 0 Å². The molecule has 1 N–H and O–H groups in total. The number of nitrogens with zero attached hydrogens (tertiary/aromatic N) is 3. The molecule has 2 aromatic heterocycles. The van der Waals surface area contributed by atoms with Crippen LogP contribution in [0.25, 0.3) is 16.7 Å². The van der Waals surface area contributed by atoms with Gasteiger partial charge in [-0.1, -0.05) is 29.4 Å². The molecule has 0 aliphatic carbocycles. The number of halogens is 1. The normalized spacial score (nSPS) is 11.1. The number of fused-ring (bicyclic) bond motifs is 1. The van der Waals surface area contributed by atoms with Crippen molar-refractivity contribution < 1.29 is 4.79 Å². The molecule has 2 heterocycles. The van der Waals surface area contributed by atoms with Crippen molar-refractivity contribution in [2.75, 3.05) is 5.75 Å². The Hall–Kier alpha value is -2.90. The van der Waals surface area contributed by atoms with Crippen molar-refractivity contribution in [3.8, 4) is 5.69 Å². The van der Waals surface area contributed by atoms with Crippen LogP contribution < -0.4 is 5.56 Å². The zero-order valence-electron chi connectivity index (χ0n) is 15.8. The smallest absolute Gasteiger partial charge is 0.262 e. The highest BCUT2D eigenvalue weighted by Gasteiger charge is 2.14. The van der Waals surface area contributed by atoms with Gasteiger partial charge in [-0.25, -0.2) is 9.67 Å². The van der Waals surface area contributed by atoms with Crippen LogP contribution in [0.15, 0.2) is 58.6 Å². The molecule has 2 aromatic carbocycles. The topological polar surface area (TPSA) is 80.6 Å². The van der Waals surface area contributed by atoms with E-state index in [-0.39, 0.29) is 17.1 Å². The monoisotopic (exact) mass is 424 g/mol. The number of rotatable bonds is 5. The minimum atomic E-state index is -0.286. The predicted octanol–water partition coefficient (Wildman–Crippen LogP) is 4.35. The van der Waals surface area contributed by atoms with Crippen molar-refractivity contribution in [2.45, 2.75) is 19.0 Å². The molecule has 0 amide bonds. The largest absolute Gasteiger partial charge is 0.301 e. The van der Waals surface area contributed by atoms with E-state index in [1.54, 1.807) is 28.9 Å². The Labute approximate surface area is 175 Å². The van der Waals surface area contributed by atoms with E-state index in [9.17, 15) is 9.59 Å². The fourth-order valence-electron chi connectivity index (χ4n) is 2.87. The second kappa shape index (κ2) is 7.85. The maximum Gasteiger partial charge on any atom is 0.262 e. The fraction of sp³-hybridized carbons (Fsp3) is 0.143. The molecule has 4 aromatic rings. The number of hydrogen-bond acceptors (Lipinski definition) is 5. The SMILES string of the molecule is Cc1ccc(-n2ncc3c(=O)[nH]c(SCC(=O)c4ccc(Cl)cc4)nc32)cc1C. The highest BCUT2D eigenvalue weighted by molar-refractivity contribution is 7.99. The fourth-order valence-corrected chi connectivity index (χ4v) is 3.74. The zero-order valence-corrected chi connectivity index (χ0v) is 17.3.